The SMILES string of the molecule is C=CCOC=O.c1ccc(Cc2ccccc2)cc1. The van der Waals surface area contributed by atoms with Crippen molar-refractivity contribution in [2.45, 2.75) is 6.42 Å². The van der Waals surface area contributed by atoms with Crippen molar-refractivity contribution in [1.29, 1.82) is 0 Å². The number of benzene rings is 2. The summed E-state index contributed by atoms with van der Waals surface area (Å²) in [5.74, 6) is 0. The monoisotopic (exact) mass is 254 g/mol. The van der Waals surface area contributed by atoms with E-state index in [0.717, 1.165) is 6.42 Å². The Morgan fingerprint density at radius 3 is 1.68 bits per heavy atom. The van der Waals surface area contributed by atoms with Crippen LogP contribution in [-0.4, -0.2) is 13.1 Å². The first-order valence-electron chi connectivity index (χ1n) is 6.11. The van der Waals surface area contributed by atoms with E-state index in [1.807, 2.05) is 0 Å². The first kappa shape index (κ1) is 14.7. The molecule has 2 aromatic carbocycles. The number of rotatable bonds is 5. The molecule has 0 atom stereocenters. The lowest BCUT2D eigenvalue weighted by molar-refractivity contribution is -0.127. The third-order valence-corrected chi connectivity index (χ3v) is 2.38. The van der Waals surface area contributed by atoms with Crippen molar-refractivity contribution in [1.82, 2.24) is 0 Å². The van der Waals surface area contributed by atoms with Crippen LogP contribution >= 0.6 is 0 Å². The summed E-state index contributed by atoms with van der Waals surface area (Å²) < 4.78 is 4.18. The fourth-order valence-corrected chi connectivity index (χ4v) is 1.53. The average molecular weight is 254 g/mol. The maximum atomic E-state index is 9.29. The Balaban J connectivity index is 0.000000258. The van der Waals surface area contributed by atoms with E-state index in [9.17, 15) is 4.79 Å². The molecule has 2 rings (SSSR count). The third kappa shape index (κ3) is 6.84. The molecule has 0 amide bonds. The van der Waals surface area contributed by atoms with Crippen LogP contribution in [0.5, 0.6) is 0 Å². The maximum Gasteiger partial charge on any atom is 0.293 e. The van der Waals surface area contributed by atoms with Gasteiger partial charge in [0.1, 0.15) is 6.61 Å². The molecule has 0 saturated carbocycles. The Morgan fingerprint density at radius 2 is 1.37 bits per heavy atom. The summed E-state index contributed by atoms with van der Waals surface area (Å²) in [4.78, 5) is 9.29. The average Bonchev–Trinajstić information content (AvgIpc) is 2.48. The zero-order valence-electron chi connectivity index (χ0n) is 10.9. The summed E-state index contributed by atoms with van der Waals surface area (Å²) in [6.45, 7) is 4.01. The second-order valence-electron chi connectivity index (χ2n) is 3.87. The van der Waals surface area contributed by atoms with Crippen LogP contribution in [0.25, 0.3) is 0 Å². The molecule has 0 spiro atoms. The summed E-state index contributed by atoms with van der Waals surface area (Å²) in [5, 5.41) is 0. The van der Waals surface area contributed by atoms with Gasteiger partial charge in [0.15, 0.2) is 0 Å². The van der Waals surface area contributed by atoms with Crippen LogP contribution in [0.4, 0.5) is 0 Å². The van der Waals surface area contributed by atoms with E-state index in [0.29, 0.717) is 13.1 Å². The highest BCUT2D eigenvalue weighted by Gasteiger charge is 1.92. The summed E-state index contributed by atoms with van der Waals surface area (Å²) in [6.07, 6.45) is 2.54. The van der Waals surface area contributed by atoms with E-state index >= 15 is 0 Å². The number of carbonyl (C=O) groups excluding carboxylic acids is 1. The van der Waals surface area contributed by atoms with Gasteiger partial charge < -0.3 is 4.74 Å². The quantitative estimate of drug-likeness (QED) is 0.463. The highest BCUT2D eigenvalue weighted by atomic mass is 16.5. The van der Waals surface area contributed by atoms with Crippen molar-refractivity contribution in [2.75, 3.05) is 6.61 Å². The fourth-order valence-electron chi connectivity index (χ4n) is 1.53. The maximum absolute atomic E-state index is 9.29. The fraction of sp³-hybridized carbons (Fsp3) is 0.118. The van der Waals surface area contributed by atoms with E-state index in [4.69, 9.17) is 0 Å². The van der Waals surface area contributed by atoms with Crippen molar-refractivity contribution < 1.29 is 9.53 Å². The molecule has 0 radical (unpaired) electrons. The highest BCUT2D eigenvalue weighted by Crippen LogP contribution is 2.07. The molecule has 0 fully saturated rings. The summed E-state index contributed by atoms with van der Waals surface area (Å²) >= 11 is 0. The largest absolute Gasteiger partial charge is 0.464 e. The third-order valence-electron chi connectivity index (χ3n) is 2.38. The molecular weight excluding hydrogens is 236 g/mol. The molecule has 0 aliphatic carbocycles. The van der Waals surface area contributed by atoms with Gasteiger partial charge in [0.2, 0.25) is 0 Å². The highest BCUT2D eigenvalue weighted by molar-refractivity contribution is 5.37. The molecule has 0 saturated heterocycles. The number of carbonyl (C=O) groups is 1. The molecule has 98 valence electrons. The molecule has 2 nitrogen and oxygen atoms in total. The molecule has 0 N–H and O–H groups in total. The topological polar surface area (TPSA) is 26.3 Å². The van der Waals surface area contributed by atoms with Gasteiger partial charge in [-0.1, -0.05) is 73.3 Å². The second kappa shape index (κ2) is 9.66. The first-order valence-corrected chi connectivity index (χ1v) is 6.11. The second-order valence-corrected chi connectivity index (χ2v) is 3.87. The van der Waals surface area contributed by atoms with Crippen LogP contribution in [0.15, 0.2) is 73.3 Å². The number of ether oxygens (including phenoxy) is 1. The standard InChI is InChI=1S/C13H12.C4H6O2/c1-3-7-12(8-4-1)11-13-9-5-2-6-10-13;1-2-3-6-4-5/h1-10H,11H2;2,4H,1,3H2. The van der Waals surface area contributed by atoms with Crippen molar-refractivity contribution in [2.24, 2.45) is 0 Å². The summed E-state index contributed by atoms with van der Waals surface area (Å²) in [5.41, 5.74) is 2.74. The lowest BCUT2D eigenvalue weighted by atomic mass is 10.1. The minimum Gasteiger partial charge on any atom is -0.464 e. The van der Waals surface area contributed by atoms with Crippen molar-refractivity contribution >= 4 is 6.47 Å². The van der Waals surface area contributed by atoms with E-state index in [-0.39, 0.29) is 0 Å². The summed E-state index contributed by atoms with van der Waals surface area (Å²) in [7, 11) is 0. The molecule has 2 heteroatoms. The zero-order chi connectivity index (χ0) is 13.8. The van der Waals surface area contributed by atoms with Gasteiger partial charge in [-0.15, -0.1) is 0 Å². The predicted molar refractivity (Wildman–Crippen MR) is 77.9 cm³/mol. The lowest BCUT2D eigenvalue weighted by Gasteiger charge is -2.00. The van der Waals surface area contributed by atoms with E-state index < -0.39 is 0 Å². The van der Waals surface area contributed by atoms with Gasteiger partial charge in [-0.3, -0.25) is 4.79 Å². The lowest BCUT2D eigenvalue weighted by Crippen LogP contribution is -1.85. The molecule has 0 unspecified atom stereocenters. The van der Waals surface area contributed by atoms with Crippen LogP contribution in [-0.2, 0) is 16.0 Å². The van der Waals surface area contributed by atoms with Gasteiger partial charge in [-0.2, -0.15) is 0 Å². The Bertz CT molecular complexity index is 418. The van der Waals surface area contributed by atoms with Gasteiger partial charge in [0.05, 0.1) is 0 Å². The minimum atomic E-state index is 0.309. The van der Waals surface area contributed by atoms with E-state index in [2.05, 4.69) is 72.0 Å². The van der Waals surface area contributed by atoms with Crippen LogP contribution in [0.2, 0.25) is 0 Å². The molecule has 0 heterocycles. The molecule has 0 aliphatic rings. The number of hydrogen-bond donors (Lipinski definition) is 0. The molecule has 19 heavy (non-hydrogen) atoms. The Morgan fingerprint density at radius 1 is 0.895 bits per heavy atom. The van der Waals surface area contributed by atoms with Crippen molar-refractivity contribution in [3.63, 3.8) is 0 Å². The van der Waals surface area contributed by atoms with Crippen LogP contribution in [0.3, 0.4) is 0 Å². The molecule has 2 aromatic rings. The van der Waals surface area contributed by atoms with E-state index in [1.54, 1.807) is 0 Å². The van der Waals surface area contributed by atoms with Crippen molar-refractivity contribution in [3.8, 4) is 0 Å². The minimum absolute atomic E-state index is 0.309. The first-order chi connectivity index (χ1) is 9.36. The van der Waals surface area contributed by atoms with E-state index in [1.165, 1.54) is 17.2 Å². The molecule has 0 aliphatic heterocycles. The van der Waals surface area contributed by atoms with Crippen LogP contribution < -0.4 is 0 Å². The van der Waals surface area contributed by atoms with Gasteiger partial charge in [-0.05, 0) is 17.5 Å². The predicted octanol–water partition coefficient (Wildman–Crippen LogP) is 3.62. The van der Waals surface area contributed by atoms with Gasteiger partial charge in [0.25, 0.3) is 6.47 Å². The Kier molecular flexibility index (Phi) is 7.48. The smallest absolute Gasteiger partial charge is 0.293 e. The van der Waals surface area contributed by atoms with Gasteiger partial charge in [-0.25, -0.2) is 0 Å². The molecular formula is C17H18O2. The van der Waals surface area contributed by atoms with Crippen LogP contribution in [0, 0.1) is 0 Å². The molecule has 0 bridgehead atoms. The van der Waals surface area contributed by atoms with Gasteiger partial charge in [0, 0.05) is 0 Å². The van der Waals surface area contributed by atoms with Crippen molar-refractivity contribution in [3.05, 3.63) is 84.4 Å². The Labute approximate surface area is 114 Å². The van der Waals surface area contributed by atoms with Crippen LogP contribution in [0.1, 0.15) is 11.1 Å². The van der Waals surface area contributed by atoms with Gasteiger partial charge >= 0.3 is 0 Å². The Hall–Kier alpha value is -2.35. The molecule has 0 aromatic heterocycles. The number of hydrogen-bond acceptors (Lipinski definition) is 2. The zero-order valence-corrected chi connectivity index (χ0v) is 10.9. The normalized spacial score (nSPS) is 8.84. The summed E-state index contributed by atoms with van der Waals surface area (Å²) in [6, 6.07) is 21.1.